The standard InChI is InChI=1S/C10H11Br2N5O2/c1-2-19-5-17-4-6(3-13-17)14-10(18)8-7(11)9(12)16-15-8/h3-4H,2,5H2,1H3,(H,14,18)(H,15,16). The second-order valence-electron chi connectivity index (χ2n) is 3.54. The zero-order chi connectivity index (χ0) is 13.8. The first-order valence-electron chi connectivity index (χ1n) is 5.42. The molecule has 2 rings (SSSR count). The average molecular weight is 393 g/mol. The molecule has 2 aromatic heterocycles. The van der Waals surface area contributed by atoms with Gasteiger partial charge in [0, 0.05) is 6.61 Å². The van der Waals surface area contributed by atoms with Crippen molar-refractivity contribution in [2.24, 2.45) is 0 Å². The Kier molecular flexibility index (Phi) is 4.72. The van der Waals surface area contributed by atoms with Gasteiger partial charge in [-0.3, -0.25) is 9.89 Å². The first kappa shape index (κ1) is 14.2. The van der Waals surface area contributed by atoms with Crippen LogP contribution in [-0.2, 0) is 11.5 Å². The zero-order valence-electron chi connectivity index (χ0n) is 9.98. The normalized spacial score (nSPS) is 10.7. The number of nitrogens with zero attached hydrogens (tertiary/aromatic N) is 3. The Morgan fingerprint density at radius 3 is 3.00 bits per heavy atom. The lowest BCUT2D eigenvalue weighted by Crippen LogP contribution is -2.12. The van der Waals surface area contributed by atoms with Crippen LogP contribution in [0.3, 0.4) is 0 Å². The number of aromatic nitrogens is 4. The molecular formula is C10H11Br2N5O2. The number of halogens is 2. The quantitative estimate of drug-likeness (QED) is 0.817. The molecule has 0 aromatic carbocycles. The smallest absolute Gasteiger partial charge is 0.277 e. The van der Waals surface area contributed by atoms with E-state index in [-0.39, 0.29) is 11.6 Å². The Bertz CT molecular complexity index is 580. The van der Waals surface area contributed by atoms with Crippen LogP contribution < -0.4 is 5.32 Å². The minimum Gasteiger partial charge on any atom is -0.360 e. The Hall–Kier alpha value is -1.19. The summed E-state index contributed by atoms with van der Waals surface area (Å²) in [6.45, 7) is 2.86. The molecule has 0 atom stereocenters. The summed E-state index contributed by atoms with van der Waals surface area (Å²) in [6.07, 6.45) is 3.23. The summed E-state index contributed by atoms with van der Waals surface area (Å²) in [5, 5.41) is 13.3. The van der Waals surface area contributed by atoms with E-state index in [1.807, 2.05) is 6.92 Å². The molecule has 2 aromatic rings. The van der Waals surface area contributed by atoms with E-state index in [4.69, 9.17) is 4.74 Å². The van der Waals surface area contributed by atoms with Crippen LogP contribution in [0.2, 0.25) is 0 Å². The third-order valence-electron chi connectivity index (χ3n) is 2.20. The molecule has 0 bridgehead atoms. The third kappa shape index (κ3) is 3.43. The van der Waals surface area contributed by atoms with Crippen molar-refractivity contribution in [3.8, 4) is 0 Å². The molecule has 0 aliphatic rings. The summed E-state index contributed by atoms with van der Waals surface area (Å²) in [6, 6.07) is 0. The Morgan fingerprint density at radius 2 is 2.37 bits per heavy atom. The molecule has 2 N–H and O–H groups in total. The van der Waals surface area contributed by atoms with Crippen molar-refractivity contribution in [2.45, 2.75) is 13.7 Å². The van der Waals surface area contributed by atoms with E-state index in [0.29, 0.717) is 28.1 Å². The number of aromatic amines is 1. The van der Waals surface area contributed by atoms with Crippen molar-refractivity contribution in [3.63, 3.8) is 0 Å². The van der Waals surface area contributed by atoms with Gasteiger partial charge in [0.15, 0.2) is 5.69 Å². The van der Waals surface area contributed by atoms with Gasteiger partial charge in [-0.1, -0.05) is 0 Å². The molecule has 0 aliphatic heterocycles. The molecule has 102 valence electrons. The molecule has 0 saturated heterocycles. The number of H-pyrrole nitrogens is 1. The van der Waals surface area contributed by atoms with Gasteiger partial charge in [-0.05, 0) is 38.8 Å². The Labute approximate surface area is 126 Å². The Morgan fingerprint density at radius 1 is 1.58 bits per heavy atom. The van der Waals surface area contributed by atoms with E-state index in [0.717, 1.165) is 0 Å². The van der Waals surface area contributed by atoms with Crippen LogP contribution in [0.25, 0.3) is 0 Å². The van der Waals surface area contributed by atoms with E-state index in [2.05, 4.69) is 52.5 Å². The van der Waals surface area contributed by atoms with Crippen LogP contribution in [0.1, 0.15) is 17.4 Å². The third-order valence-corrected chi connectivity index (χ3v) is 4.08. The van der Waals surface area contributed by atoms with Gasteiger partial charge >= 0.3 is 0 Å². The number of amides is 1. The van der Waals surface area contributed by atoms with Gasteiger partial charge in [0.25, 0.3) is 5.91 Å². The minimum atomic E-state index is -0.329. The number of anilines is 1. The van der Waals surface area contributed by atoms with Crippen molar-refractivity contribution < 1.29 is 9.53 Å². The van der Waals surface area contributed by atoms with Gasteiger partial charge in [0.1, 0.15) is 11.3 Å². The van der Waals surface area contributed by atoms with Crippen molar-refractivity contribution in [1.82, 2.24) is 20.0 Å². The molecule has 0 radical (unpaired) electrons. The first-order chi connectivity index (χ1) is 9.11. The lowest BCUT2D eigenvalue weighted by molar-refractivity contribution is 0.0792. The van der Waals surface area contributed by atoms with E-state index in [1.54, 1.807) is 17.1 Å². The first-order valence-corrected chi connectivity index (χ1v) is 7.01. The number of nitrogens with one attached hydrogen (secondary N) is 2. The van der Waals surface area contributed by atoms with Crippen LogP contribution in [0.15, 0.2) is 21.5 Å². The van der Waals surface area contributed by atoms with Crippen LogP contribution in [0, 0.1) is 0 Å². The maximum atomic E-state index is 12.0. The van der Waals surface area contributed by atoms with Crippen LogP contribution in [0.5, 0.6) is 0 Å². The topological polar surface area (TPSA) is 84.8 Å². The predicted octanol–water partition coefficient (Wildman–Crippen LogP) is 2.38. The molecule has 0 spiro atoms. The molecule has 2 heterocycles. The summed E-state index contributed by atoms with van der Waals surface area (Å²) in [5.74, 6) is -0.329. The molecule has 0 saturated carbocycles. The van der Waals surface area contributed by atoms with Gasteiger partial charge in [-0.25, -0.2) is 4.68 Å². The van der Waals surface area contributed by atoms with Crippen LogP contribution in [0.4, 0.5) is 5.69 Å². The predicted molar refractivity (Wildman–Crippen MR) is 75.8 cm³/mol. The van der Waals surface area contributed by atoms with Crippen molar-refractivity contribution in [3.05, 3.63) is 27.2 Å². The second kappa shape index (κ2) is 6.31. The molecule has 0 aliphatic carbocycles. The fourth-order valence-electron chi connectivity index (χ4n) is 1.33. The molecule has 0 unspecified atom stereocenters. The highest BCUT2D eigenvalue weighted by Crippen LogP contribution is 2.24. The summed E-state index contributed by atoms with van der Waals surface area (Å²) in [4.78, 5) is 12.0. The van der Waals surface area contributed by atoms with E-state index in [9.17, 15) is 4.79 Å². The number of hydrogen-bond acceptors (Lipinski definition) is 4. The molecule has 19 heavy (non-hydrogen) atoms. The molecule has 7 nitrogen and oxygen atoms in total. The van der Waals surface area contributed by atoms with Gasteiger partial charge in [0.2, 0.25) is 0 Å². The van der Waals surface area contributed by atoms with Gasteiger partial charge in [-0.15, -0.1) is 0 Å². The highest BCUT2D eigenvalue weighted by Gasteiger charge is 2.17. The number of carbonyl (C=O) groups is 1. The molecular weight excluding hydrogens is 382 g/mol. The zero-order valence-corrected chi connectivity index (χ0v) is 13.2. The highest BCUT2D eigenvalue weighted by atomic mass is 79.9. The monoisotopic (exact) mass is 391 g/mol. The van der Waals surface area contributed by atoms with Crippen molar-refractivity contribution in [2.75, 3.05) is 11.9 Å². The SMILES string of the molecule is CCOCn1cc(NC(=O)c2n[nH]c(Br)c2Br)cn1. The minimum absolute atomic E-state index is 0.268. The fraction of sp³-hybridized carbons (Fsp3) is 0.300. The van der Waals surface area contributed by atoms with Crippen LogP contribution in [-0.4, -0.2) is 32.5 Å². The van der Waals surface area contributed by atoms with E-state index < -0.39 is 0 Å². The second-order valence-corrected chi connectivity index (χ2v) is 5.13. The largest absolute Gasteiger partial charge is 0.360 e. The summed E-state index contributed by atoms with van der Waals surface area (Å²) in [7, 11) is 0. The van der Waals surface area contributed by atoms with Gasteiger partial charge in [0.05, 0.1) is 22.6 Å². The van der Waals surface area contributed by atoms with Crippen LogP contribution >= 0.6 is 31.9 Å². The summed E-state index contributed by atoms with van der Waals surface area (Å²) < 4.78 is 7.98. The lowest BCUT2D eigenvalue weighted by Gasteiger charge is -2.01. The summed E-state index contributed by atoms with van der Waals surface area (Å²) >= 11 is 6.49. The van der Waals surface area contributed by atoms with E-state index in [1.165, 1.54) is 0 Å². The molecule has 1 amide bonds. The molecule has 0 fully saturated rings. The number of ether oxygens (including phenoxy) is 1. The number of rotatable bonds is 5. The molecule has 9 heteroatoms. The lowest BCUT2D eigenvalue weighted by atomic mass is 10.4. The highest BCUT2D eigenvalue weighted by molar-refractivity contribution is 9.13. The Balaban J connectivity index is 2.03. The average Bonchev–Trinajstić information content (AvgIpc) is 2.95. The van der Waals surface area contributed by atoms with Gasteiger partial charge < -0.3 is 10.1 Å². The van der Waals surface area contributed by atoms with Crippen molar-refractivity contribution in [1.29, 1.82) is 0 Å². The van der Waals surface area contributed by atoms with E-state index >= 15 is 0 Å². The van der Waals surface area contributed by atoms with Gasteiger partial charge in [-0.2, -0.15) is 10.2 Å². The number of carbonyl (C=O) groups excluding carboxylic acids is 1. The fourth-order valence-corrected chi connectivity index (χ4v) is 1.97. The summed E-state index contributed by atoms with van der Waals surface area (Å²) in [5.41, 5.74) is 0.847. The van der Waals surface area contributed by atoms with Crippen molar-refractivity contribution >= 4 is 43.5 Å². The maximum Gasteiger partial charge on any atom is 0.277 e. The maximum absolute atomic E-state index is 12.0. The number of hydrogen-bond donors (Lipinski definition) is 2.